The highest BCUT2D eigenvalue weighted by atomic mass is 19.4. The molecule has 5 rings (SSSR count). The number of amides is 1. The van der Waals surface area contributed by atoms with E-state index in [9.17, 15) is 18.0 Å². The molecule has 0 aliphatic carbocycles. The molecule has 156 valence electrons. The van der Waals surface area contributed by atoms with Crippen LogP contribution in [0.2, 0.25) is 0 Å². The maximum absolute atomic E-state index is 12.9. The van der Waals surface area contributed by atoms with Crippen molar-refractivity contribution in [3.8, 4) is 11.6 Å². The van der Waals surface area contributed by atoms with Crippen LogP contribution in [0.1, 0.15) is 21.7 Å². The Morgan fingerprint density at radius 1 is 1.16 bits per heavy atom. The molecule has 0 unspecified atom stereocenters. The number of nitrogens with one attached hydrogen (secondary N) is 3. The average Bonchev–Trinajstić information content (AvgIpc) is 3.49. The lowest BCUT2D eigenvalue weighted by Crippen LogP contribution is -2.24. The first-order valence-corrected chi connectivity index (χ1v) is 8.98. The van der Waals surface area contributed by atoms with Gasteiger partial charge >= 0.3 is 6.18 Å². The van der Waals surface area contributed by atoms with E-state index >= 15 is 0 Å². The lowest BCUT2D eigenvalue weighted by molar-refractivity contribution is -0.137. The Bertz CT molecular complexity index is 1420. The summed E-state index contributed by atoms with van der Waals surface area (Å²) in [5.41, 5.74) is 0.954. The number of aromatic amines is 2. The number of halogens is 3. The second kappa shape index (κ2) is 6.93. The summed E-state index contributed by atoms with van der Waals surface area (Å²) in [7, 11) is 0. The first-order chi connectivity index (χ1) is 14.9. The largest absolute Gasteiger partial charge is 0.416 e. The van der Waals surface area contributed by atoms with Gasteiger partial charge in [-0.15, -0.1) is 0 Å². The van der Waals surface area contributed by atoms with Crippen LogP contribution in [0.5, 0.6) is 0 Å². The van der Waals surface area contributed by atoms with Crippen LogP contribution in [0.15, 0.2) is 47.4 Å². The molecule has 0 aliphatic heterocycles. The van der Waals surface area contributed by atoms with E-state index in [1.807, 2.05) is 0 Å². The lowest BCUT2D eigenvalue weighted by Gasteiger charge is -2.05. The smallest absolute Gasteiger partial charge is 0.353 e. The molecular formula is C19H12F3N7O2. The lowest BCUT2D eigenvalue weighted by atomic mass is 10.2. The molecule has 0 saturated carbocycles. The Labute approximate surface area is 170 Å². The van der Waals surface area contributed by atoms with E-state index in [1.54, 1.807) is 12.3 Å². The SMILES string of the molecule is O=C(NCc1cc(-c2nc3ccc(C(F)(F)F)cc3[nH]2)on1)c1ncnc2[nH]ccc12. The standard InChI is InChI=1S/C19H12F3N7O2/c20-19(21,22)9-1-2-12-13(5-9)28-17(27-12)14-6-10(29-31-14)7-24-18(30)15-11-3-4-23-16(11)26-8-25-15/h1-6,8H,7H2,(H,24,30)(H,27,28)(H,23,25,26). The number of rotatable bonds is 4. The maximum atomic E-state index is 12.9. The van der Waals surface area contributed by atoms with E-state index in [-0.39, 0.29) is 29.3 Å². The number of fused-ring (bicyclic) bond motifs is 2. The normalized spacial score (nSPS) is 12.0. The van der Waals surface area contributed by atoms with Gasteiger partial charge in [-0.2, -0.15) is 13.2 Å². The van der Waals surface area contributed by atoms with Gasteiger partial charge in [-0.3, -0.25) is 4.79 Å². The van der Waals surface area contributed by atoms with Gasteiger partial charge in [-0.1, -0.05) is 5.16 Å². The fourth-order valence-electron chi connectivity index (χ4n) is 3.12. The third kappa shape index (κ3) is 3.47. The first kappa shape index (κ1) is 18.8. The van der Waals surface area contributed by atoms with Gasteiger partial charge in [0.1, 0.15) is 23.4 Å². The average molecular weight is 427 g/mol. The zero-order valence-electron chi connectivity index (χ0n) is 15.5. The summed E-state index contributed by atoms with van der Waals surface area (Å²) in [6.45, 7) is 0.0523. The summed E-state index contributed by atoms with van der Waals surface area (Å²) in [6.07, 6.45) is -1.51. The summed E-state index contributed by atoms with van der Waals surface area (Å²) < 4.78 is 43.9. The van der Waals surface area contributed by atoms with Crippen molar-refractivity contribution < 1.29 is 22.5 Å². The van der Waals surface area contributed by atoms with Gasteiger partial charge in [0.05, 0.1) is 28.5 Å². The Hall–Kier alpha value is -4.22. The van der Waals surface area contributed by atoms with Gasteiger partial charge in [0.25, 0.3) is 5.91 Å². The summed E-state index contributed by atoms with van der Waals surface area (Å²) >= 11 is 0. The Balaban J connectivity index is 1.33. The number of alkyl halides is 3. The predicted octanol–water partition coefficient (Wildman–Crippen LogP) is 3.44. The highest BCUT2D eigenvalue weighted by Gasteiger charge is 2.30. The van der Waals surface area contributed by atoms with E-state index in [0.29, 0.717) is 22.2 Å². The van der Waals surface area contributed by atoms with Gasteiger partial charge < -0.3 is 19.8 Å². The summed E-state index contributed by atoms with van der Waals surface area (Å²) in [5.74, 6) is 0.0354. The van der Waals surface area contributed by atoms with Crippen molar-refractivity contribution in [1.82, 2.24) is 35.4 Å². The Morgan fingerprint density at radius 2 is 2.03 bits per heavy atom. The van der Waals surface area contributed by atoms with E-state index < -0.39 is 17.6 Å². The van der Waals surface area contributed by atoms with Crippen molar-refractivity contribution in [2.24, 2.45) is 0 Å². The number of hydrogen-bond donors (Lipinski definition) is 3. The molecule has 5 aromatic rings. The topological polar surface area (TPSA) is 125 Å². The zero-order chi connectivity index (χ0) is 21.6. The molecule has 0 bridgehead atoms. The highest BCUT2D eigenvalue weighted by Crippen LogP contribution is 2.31. The predicted molar refractivity (Wildman–Crippen MR) is 102 cm³/mol. The molecule has 0 atom stereocenters. The minimum atomic E-state index is -4.45. The van der Waals surface area contributed by atoms with E-state index in [2.05, 4.69) is 35.4 Å². The molecule has 0 saturated heterocycles. The van der Waals surface area contributed by atoms with Gasteiger partial charge in [0.15, 0.2) is 5.82 Å². The second-order valence-corrected chi connectivity index (χ2v) is 6.64. The van der Waals surface area contributed by atoms with Crippen LogP contribution in [0.25, 0.3) is 33.7 Å². The molecule has 0 radical (unpaired) electrons. The molecule has 0 fully saturated rings. The monoisotopic (exact) mass is 427 g/mol. The number of hydrogen-bond acceptors (Lipinski definition) is 6. The minimum absolute atomic E-state index is 0.0523. The molecule has 4 heterocycles. The molecule has 4 aromatic heterocycles. The molecule has 1 aromatic carbocycles. The summed E-state index contributed by atoms with van der Waals surface area (Å²) in [4.78, 5) is 30.4. The fraction of sp³-hybridized carbons (Fsp3) is 0.105. The van der Waals surface area contributed by atoms with E-state index in [0.717, 1.165) is 12.1 Å². The summed E-state index contributed by atoms with van der Waals surface area (Å²) in [5, 5.41) is 7.14. The van der Waals surface area contributed by atoms with Crippen molar-refractivity contribution >= 4 is 28.0 Å². The second-order valence-electron chi connectivity index (χ2n) is 6.64. The van der Waals surface area contributed by atoms with Crippen molar-refractivity contribution in [3.05, 3.63) is 59.8 Å². The molecule has 3 N–H and O–H groups in total. The van der Waals surface area contributed by atoms with Crippen molar-refractivity contribution in [3.63, 3.8) is 0 Å². The van der Waals surface area contributed by atoms with Gasteiger partial charge in [-0.05, 0) is 24.3 Å². The molecule has 31 heavy (non-hydrogen) atoms. The van der Waals surface area contributed by atoms with Gasteiger partial charge in [-0.25, -0.2) is 15.0 Å². The van der Waals surface area contributed by atoms with Crippen LogP contribution < -0.4 is 5.32 Å². The van der Waals surface area contributed by atoms with Crippen molar-refractivity contribution in [2.75, 3.05) is 0 Å². The quantitative estimate of drug-likeness (QED) is 0.404. The third-order valence-electron chi connectivity index (χ3n) is 4.60. The van der Waals surface area contributed by atoms with E-state index in [1.165, 1.54) is 18.5 Å². The Kier molecular flexibility index (Phi) is 4.20. The number of carbonyl (C=O) groups excluding carboxylic acids is 1. The molecule has 12 heteroatoms. The number of carbonyl (C=O) groups is 1. The van der Waals surface area contributed by atoms with Crippen LogP contribution in [0.3, 0.4) is 0 Å². The molecule has 9 nitrogen and oxygen atoms in total. The van der Waals surface area contributed by atoms with Gasteiger partial charge in [0, 0.05) is 12.3 Å². The van der Waals surface area contributed by atoms with Crippen molar-refractivity contribution in [2.45, 2.75) is 12.7 Å². The molecule has 0 spiro atoms. The highest BCUT2D eigenvalue weighted by molar-refractivity contribution is 6.03. The number of nitrogens with zero attached hydrogens (tertiary/aromatic N) is 4. The molecule has 0 aliphatic rings. The molecular weight excluding hydrogens is 415 g/mol. The van der Waals surface area contributed by atoms with Crippen LogP contribution in [0, 0.1) is 0 Å². The fourth-order valence-corrected chi connectivity index (χ4v) is 3.12. The first-order valence-electron chi connectivity index (χ1n) is 8.98. The number of aromatic nitrogens is 6. The third-order valence-corrected chi connectivity index (χ3v) is 4.60. The number of H-pyrrole nitrogens is 2. The van der Waals surface area contributed by atoms with Crippen LogP contribution in [-0.4, -0.2) is 36.0 Å². The van der Waals surface area contributed by atoms with Crippen molar-refractivity contribution in [1.29, 1.82) is 0 Å². The zero-order valence-corrected chi connectivity index (χ0v) is 15.5. The summed E-state index contributed by atoms with van der Waals surface area (Å²) in [6, 6.07) is 6.45. The maximum Gasteiger partial charge on any atom is 0.416 e. The van der Waals surface area contributed by atoms with E-state index in [4.69, 9.17) is 4.52 Å². The van der Waals surface area contributed by atoms with Crippen LogP contribution in [-0.2, 0) is 12.7 Å². The van der Waals surface area contributed by atoms with Gasteiger partial charge in [0.2, 0.25) is 5.76 Å². The number of imidazole rings is 1. The van der Waals surface area contributed by atoms with Crippen LogP contribution in [0.4, 0.5) is 13.2 Å². The minimum Gasteiger partial charge on any atom is -0.353 e. The number of benzene rings is 1. The molecule has 1 amide bonds. The Morgan fingerprint density at radius 3 is 2.87 bits per heavy atom. The van der Waals surface area contributed by atoms with Crippen LogP contribution >= 0.6 is 0 Å².